The Morgan fingerprint density at radius 2 is 1.12 bits per heavy atom. The summed E-state index contributed by atoms with van der Waals surface area (Å²) < 4.78 is 5.02. The second kappa shape index (κ2) is 11.2. The van der Waals surface area contributed by atoms with Crippen molar-refractivity contribution in [2.24, 2.45) is 0 Å². The molecule has 0 saturated heterocycles. The SMILES string of the molecule is c1ccc(-c2ccccc2N(c2ccc3c(c2)sc2c4ccccc4ccc32)c2cccc3c2c2ccccc2n3-c2ccccc2)cc1. The van der Waals surface area contributed by atoms with Gasteiger partial charge in [-0.1, -0.05) is 133 Å². The summed E-state index contributed by atoms with van der Waals surface area (Å²) >= 11 is 1.89. The molecule has 0 aliphatic heterocycles. The van der Waals surface area contributed by atoms with Gasteiger partial charge in [-0.25, -0.2) is 0 Å². The van der Waals surface area contributed by atoms with Crippen LogP contribution in [0.2, 0.25) is 0 Å². The minimum absolute atomic E-state index is 1.13. The van der Waals surface area contributed by atoms with Crippen molar-refractivity contribution < 1.29 is 0 Å². The summed E-state index contributed by atoms with van der Waals surface area (Å²) in [5.74, 6) is 0. The number of benzene rings is 8. The summed E-state index contributed by atoms with van der Waals surface area (Å²) in [6.45, 7) is 0. The predicted octanol–water partition coefficient (Wildman–Crippen LogP) is 13.4. The molecule has 0 amide bonds. The first-order chi connectivity index (χ1) is 24.3. The van der Waals surface area contributed by atoms with E-state index in [4.69, 9.17) is 0 Å². The molecule has 0 saturated carbocycles. The lowest BCUT2D eigenvalue weighted by Crippen LogP contribution is -2.11. The third kappa shape index (κ3) is 4.40. The molecule has 10 rings (SSSR count). The predicted molar refractivity (Wildman–Crippen MR) is 211 cm³/mol. The Labute approximate surface area is 288 Å². The van der Waals surface area contributed by atoms with E-state index < -0.39 is 0 Å². The summed E-state index contributed by atoms with van der Waals surface area (Å²) in [4.78, 5) is 2.48. The third-order valence-corrected chi connectivity index (χ3v) is 11.0. The van der Waals surface area contributed by atoms with E-state index in [1.54, 1.807) is 0 Å². The standard InChI is InChI=1S/C46H30N2S/c1-3-14-31(15-4-1)35-19-9-11-22-40(35)48(34-27-29-37-38-28-26-32-16-7-8-20-36(32)46(38)49-44(37)30-34)43-25-13-24-42-45(43)39-21-10-12-23-41(39)47(42)33-17-5-2-6-18-33/h1-30H. The Balaban J connectivity index is 1.29. The van der Waals surface area contributed by atoms with Gasteiger partial charge in [-0.2, -0.15) is 0 Å². The van der Waals surface area contributed by atoms with Crippen molar-refractivity contribution in [2.45, 2.75) is 0 Å². The Morgan fingerprint density at radius 3 is 2.00 bits per heavy atom. The topological polar surface area (TPSA) is 8.17 Å². The molecule has 0 aliphatic carbocycles. The summed E-state index contributed by atoms with van der Waals surface area (Å²) in [6, 6.07) is 66.1. The van der Waals surface area contributed by atoms with Gasteiger partial charge in [-0.15, -0.1) is 11.3 Å². The number of fused-ring (bicyclic) bond motifs is 8. The van der Waals surface area contributed by atoms with Crippen molar-refractivity contribution in [3.63, 3.8) is 0 Å². The van der Waals surface area contributed by atoms with Crippen molar-refractivity contribution in [1.29, 1.82) is 0 Å². The van der Waals surface area contributed by atoms with Crippen LogP contribution in [0.5, 0.6) is 0 Å². The quantitative estimate of drug-likeness (QED) is 0.181. The van der Waals surface area contributed by atoms with Crippen molar-refractivity contribution in [3.05, 3.63) is 182 Å². The third-order valence-electron chi connectivity index (χ3n) is 9.77. The Kier molecular flexibility index (Phi) is 6.39. The Hall–Kier alpha value is -6.16. The largest absolute Gasteiger partial charge is 0.309 e. The van der Waals surface area contributed by atoms with Gasteiger partial charge in [-0.05, 0) is 64.9 Å². The van der Waals surface area contributed by atoms with Crippen LogP contribution in [0.4, 0.5) is 17.1 Å². The smallest absolute Gasteiger partial charge is 0.0562 e. The number of thiophene rings is 1. The maximum absolute atomic E-state index is 2.48. The molecule has 2 heterocycles. The highest BCUT2D eigenvalue weighted by Gasteiger charge is 2.23. The summed E-state index contributed by atoms with van der Waals surface area (Å²) in [5.41, 5.74) is 9.34. The van der Waals surface area contributed by atoms with Crippen molar-refractivity contribution in [1.82, 2.24) is 4.57 Å². The van der Waals surface area contributed by atoms with Crippen molar-refractivity contribution in [3.8, 4) is 16.8 Å². The fourth-order valence-corrected chi connectivity index (χ4v) is 8.88. The number of para-hydroxylation sites is 3. The minimum Gasteiger partial charge on any atom is -0.309 e. The second-order valence-corrected chi connectivity index (χ2v) is 13.6. The highest BCUT2D eigenvalue weighted by atomic mass is 32.1. The van der Waals surface area contributed by atoms with Gasteiger partial charge in [0.2, 0.25) is 0 Å². The van der Waals surface area contributed by atoms with Crippen LogP contribution in [0.25, 0.3) is 69.6 Å². The fourth-order valence-electron chi connectivity index (χ4n) is 7.61. The van der Waals surface area contributed by atoms with Crippen LogP contribution >= 0.6 is 11.3 Å². The summed E-state index contributed by atoms with van der Waals surface area (Å²) in [6.07, 6.45) is 0. The van der Waals surface area contributed by atoms with Crippen LogP contribution < -0.4 is 4.90 Å². The van der Waals surface area contributed by atoms with Crippen LogP contribution in [0.15, 0.2) is 182 Å². The number of hydrogen-bond donors (Lipinski definition) is 0. The van der Waals surface area contributed by atoms with Crippen molar-refractivity contribution in [2.75, 3.05) is 4.90 Å². The molecule has 0 N–H and O–H groups in total. The number of anilines is 3. The van der Waals surface area contributed by atoms with Gasteiger partial charge in [0, 0.05) is 47.9 Å². The molecule has 230 valence electrons. The zero-order valence-corrected chi connectivity index (χ0v) is 27.4. The Bertz CT molecular complexity index is 2830. The van der Waals surface area contributed by atoms with Gasteiger partial charge in [0.1, 0.15) is 0 Å². The Morgan fingerprint density at radius 1 is 0.449 bits per heavy atom. The van der Waals surface area contributed by atoms with Gasteiger partial charge in [0.05, 0.1) is 22.4 Å². The molecule has 0 aliphatic rings. The molecule has 2 aromatic heterocycles. The average molecular weight is 643 g/mol. The molecule has 0 spiro atoms. The van der Waals surface area contributed by atoms with Crippen molar-refractivity contribution >= 4 is 81.1 Å². The fraction of sp³-hybridized carbons (Fsp3) is 0. The minimum atomic E-state index is 1.13. The van der Waals surface area contributed by atoms with Crippen LogP contribution in [-0.2, 0) is 0 Å². The maximum atomic E-state index is 2.48. The molecule has 0 unspecified atom stereocenters. The van der Waals surface area contributed by atoms with Gasteiger partial charge in [0.25, 0.3) is 0 Å². The summed E-state index contributed by atoms with van der Waals surface area (Å²) in [5, 5.41) is 7.66. The lowest BCUT2D eigenvalue weighted by Gasteiger charge is -2.29. The molecule has 49 heavy (non-hydrogen) atoms. The first-order valence-electron chi connectivity index (χ1n) is 16.7. The highest BCUT2D eigenvalue weighted by Crippen LogP contribution is 2.48. The molecule has 0 atom stereocenters. The zero-order valence-electron chi connectivity index (χ0n) is 26.6. The van der Waals surface area contributed by atoms with Crippen LogP contribution in [0.3, 0.4) is 0 Å². The van der Waals surface area contributed by atoms with E-state index in [1.807, 2.05) is 11.3 Å². The number of aromatic nitrogens is 1. The van der Waals surface area contributed by atoms with Gasteiger partial charge < -0.3 is 9.47 Å². The van der Waals surface area contributed by atoms with E-state index in [1.165, 1.54) is 63.9 Å². The monoisotopic (exact) mass is 642 g/mol. The zero-order chi connectivity index (χ0) is 32.3. The normalized spacial score (nSPS) is 11.7. The molecule has 2 nitrogen and oxygen atoms in total. The first kappa shape index (κ1) is 27.9. The molecular weight excluding hydrogens is 613 g/mol. The van der Waals surface area contributed by atoms with E-state index in [0.29, 0.717) is 0 Å². The average Bonchev–Trinajstić information content (AvgIpc) is 3.72. The molecular formula is C46H30N2S. The summed E-state index contributed by atoms with van der Waals surface area (Å²) in [7, 11) is 0. The van der Waals surface area contributed by atoms with E-state index >= 15 is 0 Å². The lowest BCUT2D eigenvalue weighted by molar-refractivity contribution is 1.18. The molecule has 0 bridgehead atoms. The molecule has 3 heteroatoms. The number of nitrogens with zero attached hydrogens (tertiary/aromatic N) is 2. The van der Waals surface area contributed by atoms with E-state index in [0.717, 1.165) is 22.7 Å². The molecule has 0 fully saturated rings. The first-order valence-corrected chi connectivity index (χ1v) is 17.5. The van der Waals surface area contributed by atoms with Gasteiger partial charge in [-0.3, -0.25) is 0 Å². The van der Waals surface area contributed by atoms with Crippen LogP contribution in [0, 0.1) is 0 Å². The maximum Gasteiger partial charge on any atom is 0.0562 e. The molecule has 0 radical (unpaired) electrons. The number of rotatable bonds is 5. The van der Waals surface area contributed by atoms with Gasteiger partial charge in [0.15, 0.2) is 0 Å². The second-order valence-electron chi connectivity index (χ2n) is 12.5. The van der Waals surface area contributed by atoms with E-state index in [9.17, 15) is 0 Å². The number of hydrogen-bond acceptors (Lipinski definition) is 2. The molecule has 8 aromatic carbocycles. The van der Waals surface area contributed by atoms with Gasteiger partial charge >= 0.3 is 0 Å². The van der Waals surface area contributed by atoms with E-state index in [-0.39, 0.29) is 0 Å². The van der Waals surface area contributed by atoms with Crippen LogP contribution in [0.1, 0.15) is 0 Å². The molecule has 10 aromatic rings. The van der Waals surface area contributed by atoms with E-state index in [2.05, 4.69) is 191 Å². The lowest BCUT2D eigenvalue weighted by atomic mass is 10.0. The highest BCUT2D eigenvalue weighted by molar-refractivity contribution is 7.26. The van der Waals surface area contributed by atoms with Crippen LogP contribution in [-0.4, -0.2) is 4.57 Å².